The second-order valence-electron chi connectivity index (χ2n) is 10.0. The standard InChI is InChI=1S/C31H30FN7O2S/c1-4-41-31(40)24-19(3)34-28(35-26(24)33)25-18(2)23-29(36-27(37-30(23)42-25)20-8-6-5-7-9-20)39-16-14-38(15-17-39)22-12-10-21(32)11-13-22/h5-13H,4,14-17H2,1-3H3,(H2,33,34,35). The van der Waals surface area contributed by atoms with Gasteiger partial charge in [0.1, 0.15) is 27.8 Å². The number of aromatic nitrogens is 4. The number of ether oxygens (including phenoxy) is 1. The van der Waals surface area contributed by atoms with E-state index in [0.29, 0.717) is 17.3 Å². The van der Waals surface area contributed by atoms with Gasteiger partial charge >= 0.3 is 5.97 Å². The van der Waals surface area contributed by atoms with Crippen LogP contribution in [0.25, 0.3) is 32.3 Å². The number of hydrogen-bond acceptors (Lipinski definition) is 10. The Morgan fingerprint density at radius 2 is 1.62 bits per heavy atom. The number of nitrogens with zero attached hydrogens (tertiary/aromatic N) is 6. The highest BCUT2D eigenvalue weighted by atomic mass is 32.1. The molecule has 6 rings (SSSR count). The van der Waals surface area contributed by atoms with Gasteiger partial charge in [0.2, 0.25) is 0 Å². The lowest BCUT2D eigenvalue weighted by Gasteiger charge is -2.37. The minimum absolute atomic E-state index is 0.0843. The fourth-order valence-corrected chi connectivity index (χ4v) is 6.37. The number of piperazine rings is 1. The Bertz CT molecular complexity index is 1750. The molecule has 3 aromatic heterocycles. The number of rotatable bonds is 6. The summed E-state index contributed by atoms with van der Waals surface area (Å²) in [5, 5.41) is 0.944. The first-order valence-electron chi connectivity index (χ1n) is 13.8. The van der Waals surface area contributed by atoms with Crippen LogP contribution in [0.3, 0.4) is 0 Å². The van der Waals surface area contributed by atoms with E-state index in [1.54, 1.807) is 13.8 Å². The molecule has 11 heteroatoms. The number of anilines is 3. The number of esters is 1. The summed E-state index contributed by atoms with van der Waals surface area (Å²) >= 11 is 1.48. The van der Waals surface area contributed by atoms with Crippen molar-refractivity contribution in [1.29, 1.82) is 0 Å². The molecule has 0 amide bonds. The number of nitrogens with two attached hydrogens (primary N) is 1. The van der Waals surface area contributed by atoms with E-state index >= 15 is 0 Å². The van der Waals surface area contributed by atoms with E-state index in [9.17, 15) is 9.18 Å². The first-order valence-corrected chi connectivity index (χ1v) is 14.6. The predicted molar refractivity (Wildman–Crippen MR) is 165 cm³/mol. The van der Waals surface area contributed by atoms with Crippen LogP contribution in [0.5, 0.6) is 0 Å². The number of benzene rings is 2. The highest BCUT2D eigenvalue weighted by Gasteiger charge is 2.27. The Hall–Kier alpha value is -4.64. The van der Waals surface area contributed by atoms with Gasteiger partial charge in [-0.3, -0.25) is 0 Å². The first kappa shape index (κ1) is 27.5. The SMILES string of the molecule is CCOC(=O)c1c(C)nc(-c2sc3nc(-c4ccccc4)nc(N4CCN(c5ccc(F)cc5)CC4)c3c2C)nc1N. The lowest BCUT2D eigenvalue weighted by Crippen LogP contribution is -2.47. The number of aryl methyl sites for hydroxylation is 2. The van der Waals surface area contributed by atoms with Crippen LogP contribution in [-0.2, 0) is 4.74 Å². The number of halogens is 1. The van der Waals surface area contributed by atoms with Crippen LogP contribution >= 0.6 is 11.3 Å². The highest BCUT2D eigenvalue weighted by molar-refractivity contribution is 7.22. The molecule has 0 unspecified atom stereocenters. The third-order valence-electron chi connectivity index (χ3n) is 7.37. The van der Waals surface area contributed by atoms with E-state index in [4.69, 9.17) is 20.4 Å². The number of carbonyl (C=O) groups excluding carboxylic acids is 1. The molecule has 0 spiro atoms. The average molecular weight is 584 g/mol. The summed E-state index contributed by atoms with van der Waals surface area (Å²) in [5.41, 5.74) is 9.76. The zero-order valence-corrected chi connectivity index (χ0v) is 24.4. The van der Waals surface area contributed by atoms with Crippen molar-refractivity contribution in [3.05, 3.63) is 77.2 Å². The van der Waals surface area contributed by atoms with Crippen molar-refractivity contribution >= 4 is 44.8 Å². The summed E-state index contributed by atoms with van der Waals surface area (Å²) in [6.45, 7) is 8.73. The predicted octanol–water partition coefficient (Wildman–Crippen LogP) is 5.66. The minimum Gasteiger partial charge on any atom is -0.462 e. The maximum Gasteiger partial charge on any atom is 0.343 e. The molecule has 9 nitrogen and oxygen atoms in total. The number of thiophene rings is 1. The van der Waals surface area contributed by atoms with Crippen molar-refractivity contribution in [2.45, 2.75) is 20.8 Å². The number of carbonyl (C=O) groups is 1. The maximum atomic E-state index is 13.5. The van der Waals surface area contributed by atoms with Crippen molar-refractivity contribution in [1.82, 2.24) is 19.9 Å². The second-order valence-corrected chi connectivity index (χ2v) is 11.0. The van der Waals surface area contributed by atoms with E-state index in [2.05, 4.69) is 19.8 Å². The van der Waals surface area contributed by atoms with Gasteiger partial charge in [-0.05, 0) is 50.6 Å². The first-order chi connectivity index (χ1) is 20.3. The summed E-state index contributed by atoms with van der Waals surface area (Å²) in [7, 11) is 0. The van der Waals surface area contributed by atoms with Gasteiger partial charge in [0.05, 0.1) is 22.6 Å². The van der Waals surface area contributed by atoms with Gasteiger partial charge in [-0.25, -0.2) is 29.1 Å². The normalized spacial score (nSPS) is 13.5. The topological polar surface area (TPSA) is 110 Å². The summed E-state index contributed by atoms with van der Waals surface area (Å²) in [6.07, 6.45) is 0. The quantitative estimate of drug-likeness (QED) is 0.253. The molecular weight excluding hydrogens is 553 g/mol. The van der Waals surface area contributed by atoms with E-state index < -0.39 is 5.97 Å². The number of fused-ring (bicyclic) bond motifs is 1. The van der Waals surface area contributed by atoms with Crippen LogP contribution in [0.4, 0.5) is 21.7 Å². The van der Waals surface area contributed by atoms with E-state index in [-0.39, 0.29) is 23.8 Å². The van der Waals surface area contributed by atoms with E-state index in [0.717, 1.165) is 63.9 Å². The minimum atomic E-state index is -0.535. The molecule has 1 aliphatic heterocycles. The van der Waals surface area contributed by atoms with Crippen molar-refractivity contribution in [2.75, 3.05) is 48.3 Å². The van der Waals surface area contributed by atoms with Crippen molar-refractivity contribution in [2.24, 2.45) is 0 Å². The largest absolute Gasteiger partial charge is 0.462 e. The van der Waals surface area contributed by atoms with Crippen molar-refractivity contribution in [3.63, 3.8) is 0 Å². The van der Waals surface area contributed by atoms with E-state index in [1.165, 1.54) is 23.5 Å². The third kappa shape index (κ3) is 5.11. The van der Waals surface area contributed by atoms with Gasteiger partial charge in [0.25, 0.3) is 0 Å². The van der Waals surface area contributed by atoms with Crippen LogP contribution in [-0.4, -0.2) is 58.7 Å². The Morgan fingerprint density at radius 3 is 2.29 bits per heavy atom. The molecule has 0 saturated carbocycles. The fourth-order valence-electron chi connectivity index (χ4n) is 5.26. The van der Waals surface area contributed by atoms with Gasteiger partial charge in [0.15, 0.2) is 11.6 Å². The molecule has 2 aromatic carbocycles. The summed E-state index contributed by atoms with van der Waals surface area (Å²) < 4.78 is 18.6. The molecule has 0 bridgehead atoms. The monoisotopic (exact) mass is 583 g/mol. The Kier molecular flexibility index (Phi) is 7.42. The molecule has 1 fully saturated rings. The van der Waals surface area contributed by atoms with Gasteiger partial charge in [0, 0.05) is 37.4 Å². The van der Waals surface area contributed by atoms with Gasteiger partial charge < -0.3 is 20.3 Å². The molecule has 0 radical (unpaired) electrons. The third-order valence-corrected chi connectivity index (χ3v) is 8.56. The lowest BCUT2D eigenvalue weighted by molar-refractivity contribution is 0.0526. The molecule has 2 N–H and O–H groups in total. The second kappa shape index (κ2) is 11.3. The molecule has 0 atom stereocenters. The summed E-state index contributed by atoms with van der Waals surface area (Å²) in [6, 6.07) is 16.5. The van der Waals surface area contributed by atoms with Crippen LogP contribution in [0.15, 0.2) is 54.6 Å². The van der Waals surface area contributed by atoms with Crippen LogP contribution in [0.2, 0.25) is 0 Å². The molecule has 1 saturated heterocycles. The average Bonchev–Trinajstić information content (AvgIpc) is 3.33. The highest BCUT2D eigenvalue weighted by Crippen LogP contribution is 2.41. The Balaban J connectivity index is 1.42. The molecule has 5 aromatic rings. The molecular formula is C31H30FN7O2S. The van der Waals surface area contributed by atoms with Crippen molar-refractivity contribution in [3.8, 4) is 22.1 Å². The van der Waals surface area contributed by atoms with Crippen LogP contribution in [0, 0.1) is 19.7 Å². The van der Waals surface area contributed by atoms with Gasteiger partial charge in [-0.1, -0.05) is 30.3 Å². The number of nitrogen functional groups attached to an aromatic ring is 1. The van der Waals surface area contributed by atoms with Gasteiger partial charge in [-0.15, -0.1) is 11.3 Å². The molecule has 42 heavy (non-hydrogen) atoms. The summed E-state index contributed by atoms with van der Waals surface area (Å²) in [5.74, 6) is 1.24. The summed E-state index contributed by atoms with van der Waals surface area (Å²) in [4.78, 5) is 37.9. The zero-order chi connectivity index (χ0) is 29.4. The Labute approximate surface area is 246 Å². The lowest BCUT2D eigenvalue weighted by atomic mass is 10.1. The zero-order valence-electron chi connectivity index (χ0n) is 23.6. The van der Waals surface area contributed by atoms with Gasteiger partial charge in [-0.2, -0.15) is 0 Å². The molecule has 1 aliphatic rings. The smallest absolute Gasteiger partial charge is 0.343 e. The van der Waals surface area contributed by atoms with E-state index in [1.807, 2.05) is 49.4 Å². The Morgan fingerprint density at radius 1 is 0.929 bits per heavy atom. The molecule has 4 heterocycles. The molecule has 0 aliphatic carbocycles. The number of hydrogen-bond donors (Lipinski definition) is 1. The maximum absolute atomic E-state index is 13.5. The fraction of sp³-hybridized carbons (Fsp3) is 0.258. The molecule has 214 valence electrons. The van der Waals surface area contributed by atoms with Crippen molar-refractivity contribution < 1.29 is 13.9 Å². The van der Waals surface area contributed by atoms with Crippen LogP contribution in [0.1, 0.15) is 28.5 Å². The van der Waals surface area contributed by atoms with Crippen LogP contribution < -0.4 is 15.5 Å².